The third kappa shape index (κ3) is 4.55. The van der Waals surface area contributed by atoms with Gasteiger partial charge in [-0.2, -0.15) is 0 Å². The van der Waals surface area contributed by atoms with Crippen LogP contribution in [0.4, 0.5) is 10.1 Å². The van der Waals surface area contributed by atoms with Gasteiger partial charge in [0.15, 0.2) is 0 Å². The molecule has 0 unspecified atom stereocenters. The average molecular weight is 463 g/mol. The normalized spacial score (nSPS) is 13.8. The largest absolute Gasteiger partial charge is 0.350 e. The molecule has 1 aliphatic rings. The van der Waals surface area contributed by atoms with E-state index in [0.29, 0.717) is 28.3 Å². The maximum atomic E-state index is 13.5. The first-order chi connectivity index (χ1) is 15.8. The third-order valence-corrected chi connectivity index (χ3v) is 6.29. The minimum absolute atomic E-state index is 0.192. The first-order valence-corrected chi connectivity index (χ1v) is 11.1. The number of carbonyl (C=O) groups is 2. The number of aryl methyl sites for hydroxylation is 2. The lowest BCUT2D eigenvalue weighted by atomic mass is 9.97. The van der Waals surface area contributed by atoms with Crippen molar-refractivity contribution in [3.05, 3.63) is 105 Å². The van der Waals surface area contributed by atoms with E-state index in [1.165, 1.54) is 17.0 Å². The second-order valence-electron chi connectivity index (χ2n) is 8.24. The molecule has 4 rings (SSSR count). The molecule has 1 heterocycles. The van der Waals surface area contributed by atoms with Gasteiger partial charge < -0.3 is 5.32 Å². The van der Waals surface area contributed by atoms with Crippen LogP contribution in [-0.2, 0) is 16.0 Å². The van der Waals surface area contributed by atoms with Crippen molar-refractivity contribution in [1.82, 2.24) is 4.90 Å². The second kappa shape index (κ2) is 9.20. The third-order valence-electron chi connectivity index (χ3n) is 5.88. The standard InChI is InChI=1S/C27H24ClFN2O2/c1-16-7-12-21(17(2)15-16)24-25(30-23-6-4-5-22(28)18(23)3)27(33)31(26(24)32)14-13-19-8-10-20(29)11-9-19/h4-12,15,30H,13-14H2,1-3H3. The average Bonchev–Trinajstić information content (AvgIpc) is 3.00. The minimum atomic E-state index is -0.392. The maximum absolute atomic E-state index is 13.5. The molecule has 6 heteroatoms. The summed E-state index contributed by atoms with van der Waals surface area (Å²) < 4.78 is 13.2. The molecule has 0 saturated carbocycles. The van der Waals surface area contributed by atoms with Crippen molar-refractivity contribution < 1.29 is 14.0 Å². The van der Waals surface area contributed by atoms with Gasteiger partial charge in [0.25, 0.3) is 11.8 Å². The zero-order chi connectivity index (χ0) is 23.7. The van der Waals surface area contributed by atoms with Crippen molar-refractivity contribution in [1.29, 1.82) is 0 Å². The molecule has 0 spiro atoms. The molecule has 1 N–H and O–H groups in total. The summed E-state index contributed by atoms with van der Waals surface area (Å²) in [5, 5.41) is 3.76. The topological polar surface area (TPSA) is 49.4 Å². The van der Waals surface area contributed by atoms with Gasteiger partial charge in [-0.15, -0.1) is 0 Å². The molecule has 3 aromatic rings. The molecule has 168 valence electrons. The summed E-state index contributed by atoms with van der Waals surface area (Å²) in [4.78, 5) is 28.2. The highest BCUT2D eigenvalue weighted by Gasteiger charge is 2.39. The number of carbonyl (C=O) groups excluding carboxylic acids is 2. The predicted molar refractivity (Wildman–Crippen MR) is 129 cm³/mol. The highest BCUT2D eigenvalue weighted by molar-refractivity contribution is 6.37. The monoisotopic (exact) mass is 462 g/mol. The number of benzene rings is 3. The fourth-order valence-corrected chi connectivity index (χ4v) is 4.18. The summed E-state index contributed by atoms with van der Waals surface area (Å²) >= 11 is 6.27. The van der Waals surface area contributed by atoms with Crippen molar-refractivity contribution >= 4 is 34.7 Å². The van der Waals surface area contributed by atoms with Crippen molar-refractivity contribution in [2.75, 3.05) is 11.9 Å². The van der Waals surface area contributed by atoms with Crippen LogP contribution in [0.2, 0.25) is 5.02 Å². The van der Waals surface area contributed by atoms with Gasteiger partial charge in [0, 0.05) is 17.3 Å². The van der Waals surface area contributed by atoms with Gasteiger partial charge in [0.1, 0.15) is 11.5 Å². The Hall–Kier alpha value is -3.44. The number of hydrogen-bond acceptors (Lipinski definition) is 3. The van der Waals surface area contributed by atoms with Crippen molar-refractivity contribution in [3.8, 4) is 0 Å². The van der Waals surface area contributed by atoms with E-state index in [0.717, 1.165) is 22.3 Å². The molecule has 0 fully saturated rings. The molecule has 0 aromatic heterocycles. The molecule has 33 heavy (non-hydrogen) atoms. The fourth-order valence-electron chi connectivity index (χ4n) is 4.01. The van der Waals surface area contributed by atoms with Crippen LogP contribution in [0.5, 0.6) is 0 Å². The zero-order valence-corrected chi connectivity index (χ0v) is 19.5. The predicted octanol–water partition coefficient (Wildman–Crippen LogP) is 5.84. The minimum Gasteiger partial charge on any atom is -0.350 e. The van der Waals surface area contributed by atoms with E-state index in [9.17, 15) is 14.0 Å². The molecule has 1 aliphatic heterocycles. The number of nitrogens with one attached hydrogen (secondary N) is 1. The van der Waals surface area contributed by atoms with Crippen LogP contribution in [0.25, 0.3) is 5.57 Å². The van der Waals surface area contributed by atoms with Crippen LogP contribution in [0.15, 0.2) is 66.4 Å². The zero-order valence-electron chi connectivity index (χ0n) is 18.7. The molecule has 0 radical (unpaired) electrons. The van der Waals surface area contributed by atoms with Crippen LogP contribution in [-0.4, -0.2) is 23.3 Å². The molecule has 4 nitrogen and oxygen atoms in total. The highest BCUT2D eigenvalue weighted by Crippen LogP contribution is 2.34. The molecule has 2 amide bonds. The molecule has 0 saturated heterocycles. The summed E-state index contributed by atoms with van der Waals surface area (Å²) in [6, 6.07) is 17.3. The van der Waals surface area contributed by atoms with E-state index in [4.69, 9.17) is 11.6 Å². The van der Waals surface area contributed by atoms with Gasteiger partial charge in [0.2, 0.25) is 0 Å². The van der Waals surface area contributed by atoms with E-state index in [1.807, 2.05) is 45.0 Å². The molecule has 0 atom stereocenters. The van der Waals surface area contributed by atoms with Gasteiger partial charge in [-0.05, 0) is 73.7 Å². The lowest BCUT2D eigenvalue weighted by Gasteiger charge is -2.16. The number of imide groups is 1. The Bertz CT molecular complexity index is 1280. The van der Waals surface area contributed by atoms with E-state index in [2.05, 4.69) is 5.32 Å². The van der Waals surface area contributed by atoms with Crippen LogP contribution in [0, 0.1) is 26.6 Å². The Morgan fingerprint density at radius 1 is 0.939 bits per heavy atom. The van der Waals surface area contributed by atoms with Crippen LogP contribution >= 0.6 is 11.6 Å². The van der Waals surface area contributed by atoms with Gasteiger partial charge >= 0.3 is 0 Å². The number of hydrogen-bond donors (Lipinski definition) is 1. The number of halogens is 2. The van der Waals surface area contributed by atoms with Gasteiger partial charge in [-0.3, -0.25) is 14.5 Å². The lowest BCUT2D eigenvalue weighted by molar-refractivity contribution is -0.136. The maximum Gasteiger partial charge on any atom is 0.278 e. The molecular weight excluding hydrogens is 439 g/mol. The van der Waals surface area contributed by atoms with E-state index < -0.39 is 5.91 Å². The smallest absolute Gasteiger partial charge is 0.278 e. The molecular formula is C27H24ClFN2O2. The van der Waals surface area contributed by atoms with E-state index >= 15 is 0 Å². The SMILES string of the molecule is Cc1ccc(C2=C(Nc3cccc(Cl)c3C)C(=O)N(CCc3ccc(F)cc3)C2=O)c(C)c1. The van der Waals surface area contributed by atoms with Gasteiger partial charge in [-0.25, -0.2) is 4.39 Å². The van der Waals surface area contributed by atoms with E-state index in [-0.39, 0.29) is 24.0 Å². The summed E-state index contributed by atoms with van der Waals surface area (Å²) in [7, 11) is 0. The van der Waals surface area contributed by atoms with Crippen molar-refractivity contribution in [3.63, 3.8) is 0 Å². The Kier molecular flexibility index (Phi) is 6.34. The first-order valence-electron chi connectivity index (χ1n) is 10.7. The molecule has 3 aromatic carbocycles. The highest BCUT2D eigenvalue weighted by atomic mass is 35.5. The van der Waals surface area contributed by atoms with Crippen LogP contribution in [0.3, 0.4) is 0 Å². The second-order valence-corrected chi connectivity index (χ2v) is 8.65. The lowest BCUT2D eigenvalue weighted by Crippen LogP contribution is -2.34. The first kappa shape index (κ1) is 22.7. The Balaban J connectivity index is 1.72. The Morgan fingerprint density at radius 3 is 2.36 bits per heavy atom. The fraction of sp³-hybridized carbons (Fsp3) is 0.185. The van der Waals surface area contributed by atoms with Gasteiger partial charge in [-0.1, -0.05) is 53.6 Å². The number of amides is 2. The van der Waals surface area contributed by atoms with Crippen molar-refractivity contribution in [2.24, 2.45) is 0 Å². The van der Waals surface area contributed by atoms with Gasteiger partial charge in [0.05, 0.1) is 5.57 Å². The number of rotatable bonds is 6. The summed E-state index contributed by atoms with van der Waals surface area (Å²) in [5.74, 6) is -1.07. The summed E-state index contributed by atoms with van der Waals surface area (Å²) in [6.45, 7) is 5.96. The summed E-state index contributed by atoms with van der Waals surface area (Å²) in [5.41, 5.74) is 5.57. The number of anilines is 1. The van der Waals surface area contributed by atoms with Crippen LogP contribution in [0.1, 0.15) is 27.8 Å². The Labute approximate surface area is 197 Å². The van der Waals surface area contributed by atoms with E-state index in [1.54, 1.807) is 24.3 Å². The Morgan fingerprint density at radius 2 is 1.67 bits per heavy atom. The molecule has 0 bridgehead atoms. The summed E-state index contributed by atoms with van der Waals surface area (Å²) in [6.07, 6.45) is 0.432. The number of nitrogens with zero attached hydrogens (tertiary/aromatic N) is 1. The quantitative estimate of drug-likeness (QED) is 0.468. The van der Waals surface area contributed by atoms with Crippen LogP contribution < -0.4 is 5.32 Å². The molecule has 0 aliphatic carbocycles. The van der Waals surface area contributed by atoms with Crippen molar-refractivity contribution in [2.45, 2.75) is 27.2 Å².